The van der Waals surface area contributed by atoms with Crippen molar-refractivity contribution < 1.29 is 23.9 Å². The molecule has 8 nitrogen and oxygen atoms in total. The molecule has 2 unspecified atom stereocenters. The Morgan fingerprint density at radius 3 is 2.28 bits per heavy atom. The normalized spacial score (nSPS) is 20.1. The highest BCUT2D eigenvalue weighted by atomic mass is 16.6. The van der Waals surface area contributed by atoms with Crippen LogP contribution in [-0.2, 0) is 11.3 Å². The third-order valence-corrected chi connectivity index (χ3v) is 4.54. The van der Waals surface area contributed by atoms with E-state index in [0.29, 0.717) is 5.75 Å². The standard InChI is InChI=1S/C17H24N2O6/c1-11-6-5-7-12(2)18(11)17(20)25-10-13-8-15(23-3)16(24-4)9-14(13)19(21)22/h8-9,11-12H,5-7,10H2,1-4H3. The second-order valence-electron chi connectivity index (χ2n) is 6.18. The number of methoxy groups -OCH3 is 2. The molecule has 0 aromatic heterocycles. The van der Waals surface area contributed by atoms with E-state index in [4.69, 9.17) is 14.2 Å². The molecule has 1 aliphatic heterocycles. The summed E-state index contributed by atoms with van der Waals surface area (Å²) in [4.78, 5) is 24.9. The average molecular weight is 352 g/mol. The lowest BCUT2D eigenvalue weighted by Crippen LogP contribution is -2.47. The van der Waals surface area contributed by atoms with Crippen LogP contribution in [0.5, 0.6) is 11.5 Å². The highest BCUT2D eigenvalue weighted by Gasteiger charge is 2.30. The van der Waals surface area contributed by atoms with E-state index in [2.05, 4.69) is 0 Å². The van der Waals surface area contributed by atoms with Crippen LogP contribution in [0.3, 0.4) is 0 Å². The minimum Gasteiger partial charge on any atom is -0.493 e. The van der Waals surface area contributed by atoms with Gasteiger partial charge in [-0.1, -0.05) is 0 Å². The summed E-state index contributed by atoms with van der Waals surface area (Å²) >= 11 is 0. The van der Waals surface area contributed by atoms with Crippen LogP contribution < -0.4 is 9.47 Å². The lowest BCUT2D eigenvalue weighted by Gasteiger charge is -2.37. The van der Waals surface area contributed by atoms with Crippen molar-refractivity contribution in [1.82, 2.24) is 4.90 Å². The van der Waals surface area contributed by atoms with Crippen LogP contribution in [0, 0.1) is 10.1 Å². The molecule has 1 aromatic carbocycles. The van der Waals surface area contributed by atoms with Crippen molar-refractivity contribution in [3.05, 3.63) is 27.8 Å². The van der Waals surface area contributed by atoms with E-state index in [-0.39, 0.29) is 35.7 Å². The first kappa shape index (κ1) is 18.8. The van der Waals surface area contributed by atoms with E-state index in [9.17, 15) is 14.9 Å². The first-order chi connectivity index (χ1) is 11.9. The number of ether oxygens (including phenoxy) is 3. The van der Waals surface area contributed by atoms with Crippen LogP contribution in [0.1, 0.15) is 38.7 Å². The molecule has 0 saturated carbocycles. The zero-order valence-electron chi connectivity index (χ0n) is 15.0. The SMILES string of the molecule is COc1cc(COC(=O)N2C(C)CCCC2C)c([N+](=O)[O-])cc1OC. The number of amides is 1. The Bertz CT molecular complexity index is 638. The zero-order valence-corrected chi connectivity index (χ0v) is 15.0. The van der Waals surface area contributed by atoms with Gasteiger partial charge in [-0.3, -0.25) is 10.1 Å². The van der Waals surface area contributed by atoms with Crippen molar-refractivity contribution in [2.24, 2.45) is 0 Å². The van der Waals surface area contributed by atoms with Gasteiger partial charge in [-0.25, -0.2) is 4.79 Å². The van der Waals surface area contributed by atoms with Crippen molar-refractivity contribution >= 4 is 11.8 Å². The van der Waals surface area contributed by atoms with E-state index < -0.39 is 11.0 Å². The number of hydrogen-bond acceptors (Lipinski definition) is 6. The summed E-state index contributed by atoms with van der Waals surface area (Å²) in [6.45, 7) is 3.76. The third kappa shape index (κ3) is 4.12. The maximum Gasteiger partial charge on any atom is 0.410 e. The Morgan fingerprint density at radius 2 is 1.76 bits per heavy atom. The van der Waals surface area contributed by atoms with Crippen molar-refractivity contribution in [2.45, 2.75) is 51.8 Å². The molecule has 0 radical (unpaired) electrons. The van der Waals surface area contributed by atoms with Gasteiger partial charge in [0, 0.05) is 12.1 Å². The van der Waals surface area contributed by atoms with Gasteiger partial charge in [-0.2, -0.15) is 0 Å². The summed E-state index contributed by atoms with van der Waals surface area (Å²) in [5, 5.41) is 11.3. The molecule has 1 heterocycles. The van der Waals surface area contributed by atoms with Gasteiger partial charge in [0.1, 0.15) is 6.61 Å². The number of nitro groups is 1. The topological polar surface area (TPSA) is 91.1 Å². The molecule has 1 saturated heterocycles. The van der Waals surface area contributed by atoms with Crippen molar-refractivity contribution in [3.63, 3.8) is 0 Å². The molecule has 2 rings (SSSR count). The van der Waals surface area contributed by atoms with Crippen LogP contribution in [0.2, 0.25) is 0 Å². The van der Waals surface area contributed by atoms with Gasteiger partial charge in [0.05, 0.1) is 30.8 Å². The third-order valence-electron chi connectivity index (χ3n) is 4.54. The zero-order chi connectivity index (χ0) is 18.6. The summed E-state index contributed by atoms with van der Waals surface area (Å²) in [6, 6.07) is 2.93. The molecule has 138 valence electrons. The molecule has 8 heteroatoms. The van der Waals surface area contributed by atoms with E-state index in [1.54, 1.807) is 4.90 Å². The number of benzene rings is 1. The smallest absolute Gasteiger partial charge is 0.410 e. The molecule has 1 aromatic rings. The van der Waals surface area contributed by atoms with Gasteiger partial charge < -0.3 is 19.1 Å². The Balaban J connectivity index is 2.18. The monoisotopic (exact) mass is 352 g/mol. The summed E-state index contributed by atoms with van der Waals surface area (Å²) in [7, 11) is 2.84. The van der Waals surface area contributed by atoms with E-state index in [0.717, 1.165) is 19.3 Å². The first-order valence-electron chi connectivity index (χ1n) is 8.23. The second-order valence-corrected chi connectivity index (χ2v) is 6.18. The quantitative estimate of drug-likeness (QED) is 0.595. The molecule has 0 N–H and O–H groups in total. The molecule has 1 aliphatic rings. The number of nitro benzene ring substituents is 1. The predicted octanol–water partition coefficient (Wildman–Crippen LogP) is 3.51. The van der Waals surface area contributed by atoms with Crippen LogP contribution in [-0.4, -0.2) is 42.2 Å². The summed E-state index contributed by atoms with van der Waals surface area (Å²) in [5.41, 5.74) is 0.0820. The average Bonchev–Trinajstić information content (AvgIpc) is 2.58. The minimum atomic E-state index is -0.530. The van der Waals surface area contributed by atoms with E-state index >= 15 is 0 Å². The Hall–Kier alpha value is -2.51. The molecular weight excluding hydrogens is 328 g/mol. The van der Waals surface area contributed by atoms with E-state index in [1.807, 2.05) is 13.8 Å². The highest BCUT2D eigenvalue weighted by molar-refractivity contribution is 5.69. The molecule has 25 heavy (non-hydrogen) atoms. The maximum atomic E-state index is 12.4. The molecule has 2 atom stereocenters. The number of rotatable bonds is 5. The van der Waals surface area contributed by atoms with Crippen LogP contribution in [0.25, 0.3) is 0 Å². The van der Waals surface area contributed by atoms with Gasteiger partial charge in [-0.05, 0) is 39.2 Å². The summed E-state index contributed by atoms with van der Waals surface area (Å²) in [5.74, 6) is 0.599. The molecule has 0 aliphatic carbocycles. The van der Waals surface area contributed by atoms with Gasteiger partial charge in [0.25, 0.3) is 5.69 Å². The van der Waals surface area contributed by atoms with Gasteiger partial charge in [-0.15, -0.1) is 0 Å². The number of likely N-dealkylation sites (tertiary alicyclic amines) is 1. The molecule has 0 spiro atoms. The van der Waals surface area contributed by atoms with Crippen LogP contribution >= 0.6 is 0 Å². The van der Waals surface area contributed by atoms with Crippen molar-refractivity contribution in [3.8, 4) is 11.5 Å². The second kappa shape index (κ2) is 8.04. The molecule has 0 bridgehead atoms. The maximum absolute atomic E-state index is 12.4. The lowest BCUT2D eigenvalue weighted by molar-refractivity contribution is -0.385. The number of nitrogens with zero attached hydrogens (tertiary/aromatic N) is 2. The van der Waals surface area contributed by atoms with Gasteiger partial charge in [0.15, 0.2) is 11.5 Å². The Morgan fingerprint density at radius 1 is 1.20 bits per heavy atom. The number of piperidine rings is 1. The van der Waals surface area contributed by atoms with Crippen LogP contribution in [0.4, 0.5) is 10.5 Å². The first-order valence-corrected chi connectivity index (χ1v) is 8.23. The number of carbonyl (C=O) groups is 1. The lowest BCUT2D eigenvalue weighted by atomic mass is 9.98. The van der Waals surface area contributed by atoms with E-state index in [1.165, 1.54) is 26.4 Å². The predicted molar refractivity (Wildman–Crippen MR) is 91.0 cm³/mol. The largest absolute Gasteiger partial charge is 0.493 e. The highest BCUT2D eigenvalue weighted by Crippen LogP contribution is 2.35. The fourth-order valence-corrected chi connectivity index (χ4v) is 3.19. The Kier molecular flexibility index (Phi) is 6.06. The van der Waals surface area contributed by atoms with Crippen LogP contribution in [0.15, 0.2) is 12.1 Å². The summed E-state index contributed by atoms with van der Waals surface area (Å²) in [6.07, 6.45) is 2.47. The van der Waals surface area contributed by atoms with Crippen molar-refractivity contribution in [1.29, 1.82) is 0 Å². The minimum absolute atomic E-state index is 0.0941. The van der Waals surface area contributed by atoms with Gasteiger partial charge >= 0.3 is 6.09 Å². The summed E-state index contributed by atoms with van der Waals surface area (Å²) < 4.78 is 15.6. The molecular formula is C17H24N2O6. The molecule has 1 amide bonds. The number of hydrogen-bond donors (Lipinski definition) is 0. The fourth-order valence-electron chi connectivity index (χ4n) is 3.19. The molecule has 1 fully saturated rings. The number of carbonyl (C=O) groups excluding carboxylic acids is 1. The van der Waals surface area contributed by atoms with Gasteiger partial charge in [0.2, 0.25) is 0 Å². The van der Waals surface area contributed by atoms with Crippen molar-refractivity contribution in [2.75, 3.05) is 14.2 Å². The Labute approximate surface area is 146 Å². The fraction of sp³-hybridized carbons (Fsp3) is 0.588.